The molecule has 5 nitrogen and oxygen atoms in total. The van der Waals surface area contributed by atoms with E-state index in [1.54, 1.807) is 0 Å². The lowest BCUT2D eigenvalue weighted by atomic mass is 10.0. The van der Waals surface area contributed by atoms with Gasteiger partial charge in [-0.25, -0.2) is 0 Å². The van der Waals surface area contributed by atoms with E-state index in [1.807, 2.05) is 32.0 Å². The summed E-state index contributed by atoms with van der Waals surface area (Å²) in [4.78, 5) is 10.9. The Morgan fingerprint density at radius 2 is 2.25 bits per heavy atom. The summed E-state index contributed by atoms with van der Waals surface area (Å²) in [5.41, 5.74) is 5.27. The molecule has 0 radical (unpaired) electrons. The average Bonchev–Trinajstić information content (AvgIpc) is 2.63. The van der Waals surface area contributed by atoms with Gasteiger partial charge in [-0.3, -0.25) is 4.79 Å². The molecule has 1 aliphatic heterocycles. The van der Waals surface area contributed by atoms with Crippen LogP contribution in [0.2, 0.25) is 0 Å². The van der Waals surface area contributed by atoms with Gasteiger partial charge in [0.1, 0.15) is 11.1 Å². The summed E-state index contributed by atoms with van der Waals surface area (Å²) in [6, 6.07) is 5.76. The summed E-state index contributed by atoms with van der Waals surface area (Å²) < 4.78 is 11.5. The Morgan fingerprint density at radius 1 is 1.55 bits per heavy atom. The minimum atomic E-state index is -1.28. The predicted molar refractivity (Wildman–Crippen MR) is 75.2 cm³/mol. The Labute approximate surface area is 118 Å². The molecule has 5 heteroatoms. The van der Waals surface area contributed by atoms with E-state index in [9.17, 15) is 4.79 Å². The normalized spacial score (nSPS) is 18.8. The average molecular weight is 279 g/mol. The molecule has 0 saturated heterocycles. The van der Waals surface area contributed by atoms with Crippen LogP contribution in [0, 0.1) is 0 Å². The van der Waals surface area contributed by atoms with Crippen molar-refractivity contribution in [1.29, 1.82) is 0 Å². The lowest BCUT2D eigenvalue weighted by Crippen LogP contribution is -2.45. The molecule has 1 unspecified atom stereocenters. The SMILES string of the molecule is CC1(C)Cc2cccc(OCCC(C)(N)C(=O)O)c2O1. The maximum absolute atomic E-state index is 10.9. The van der Waals surface area contributed by atoms with E-state index in [0.717, 1.165) is 17.7 Å². The molecule has 0 fully saturated rings. The number of hydrogen-bond donors (Lipinski definition) is 2. The number of hydrogen-bond acceptors (Lipinski definition) is 4. The molecule has 20 heavy (non-hydrogen) atoms. The third kappa shape index (κ3) is 3.04. The smallest absolute Gasteiger partial charge is 0.323 e. The lowest BCUT2D eigenvalue weighted by molar-refractivity contribution is -0.143. The number of nitrogens with two attached hydrogens (primary N) is 1. The minimum absolute atomic E-state index is 0.231. The Bertz CT molecular complexity index is 523. The third-order valence-corrected chi connectivity index (χ3v) is 3.42. The van der Waals surface area contributed by atoms with Gasteiger partial charge in [0.05, 0.1) is 6.61 Å². The van der Waals surface area contributed by atoms with E-state index >= 15 is 0 Å². The van der Waals surface area contributed by atoms with Crippen LogP contribution in [0.1, 0.15) is 32.8 Å². The van der Waals surface area contributed by atoms with Crippen molar-refractivity contribution in [1.82, 2.24) is 0 Å². The van der Waals surface area contributed by atoms with E-state index in [1.165, 1.54) is 6.92 Å². The number of ether oxygens (including phenoxy) is 2. The quantitative estimate of drug-likeness (QED) is 0.861. The molecule has 0 saturated carbocycles. The number of aliphatic carboxylic acids is 1. The molecule has 0 bridgehead atoms. The van der Waals surface area contributed by atoms with Crippen LogP contribution in [0.3, 0.4) is 0 Å². The van der Waals surface area contributed by atoms with Crippen LogP contribution in [0.15, 0.2) is 18.2 Å². The summed E-state index contributed by atoms with van der Waals surface area (Å²) in [6.45, 7) is 5.77. The summed E-state index contributed by atoms with van der Waals surface area (Å²) >= 11 is 0. The highest BCUT2D eigenvalue weighted by molar-refractivity contribution is 5.77. The van der Waals surface area contributed by atoms with Crippen molar-refractivity contribution in [2.45, 2.75) is 44.8 Å². The maximum atomic E-state index is 10.9. The van der Waals surface area contributed by atoms with Gasteiger partial charge in [-0.05, 0) is 26.8 Å². The van der Waals surface area contributed by atoms with E-state index < -0.39 is 11.5 Å². The van der Waals surface area contributed by atoms with Crippen LogP contribution in [0.25, 0.3) is 0 Å². The predicted octanol–water partition coefficient (Wildman–Crippen LogP) is 1.97. The number of rotatable bonds is 5. The largest absolute Gasteiger partial charge is 0.490 e. The number of para-hydroxylation sites is 1. The molecular weight excluding hydrogens is 258 g/mol. The standard InChI is InChI=1S/C15H21NO4/c1-14(2)9-10-5-4-6-11(12(10)20-14)19-8-7-15(3,16)13(17)18/h4-6H,7-9,16H2,1-3H3,(H,17,18). The fourth-order valence-corrected chi connectivity index (χ4v) is 2.18. The van der Waals surface area contributed by atoms with Gasteiger partial charge in [0.2, 0.25) is 0 Å². The van der Waals surface area contributed by atoms with E-state index in [4.69, 9.17) is 20.3 Å². The second kappa shape index (κ2) is 4.98. The summed E-state index contributed by atoms with van der Waals surface area (Å²) in [7, 11) is 0. The molecule has 0 aliphatic carbocycles. The number of carboxylic acid groups (broad SMARTS) is 1. The van der Waals surface area contributed by atoms with Gasteiger partial charge < -0.3 is 20.3 Å². The molecule has 110 valence electrons. The molecule has 0 amide bonds. The zero-order valence-electron chi connectivity index (χ0n) is 12.1. The Balaban J connectivity index is 2.03. The van der Waals surface area contributed by atoms with Crippen molar-refractivity contribution in [3.63, 3.8) is 0 Å². The molecular formula is C15H21NO4. The number of carbonyl (C=O) groups is 1. The zero-order valence-corrected chi connectivity index (χ0v) is 12.1. The monoisotopic (exact) mass is 279 g/mol. The molecule has 2 rings (SSSR count). The van der Waals surface area contributed by atoms with Gasteiger partial charge in [0.25, 0.3) is 0 Å². The zero-order chi connectivity index (χ0) is 15.0. The number of benzene rings is 1. The molecule has 1 aromatic rings. The maximum Gasteiger partial charge on any atom is 0.323 e. The Morgan fingerprint density at radius 3 is 2.90 bits per heavy atom. The third-order valence-electron chi connectivity index (χ3n) is 3.42. The lowest BCUT2D eigenvalue weighted by Gasteiger charge is -2.20. The van der Waals surface area contributed by atoms with Crippen molar-refractivity contribution >= 4 is 5.97 Å². The molecule has 1 heterocycles. The van der Waals surface area contributed by atoms with Gasteiger partial charge >= 0.3 is 5.97 Å². The van der Waals surface area contributed by atoms with E-state index in [0.29, 0.717) is 5.75 Å². The van der Waals surface area contributed by atoms with Gasteiger partial charge in [-0.1, -0.05) is 12.1 Å². The molecule has 1 aliphatic rings. The van der Waals surface area contributed by atoms with Gasteiger partial charge in [0, 0.05) is 18.4 Å². The first-order valence-electron chi connectivity index (χ1n) is 6.67. The molecule has 3 N–H and O–H groups in total. The summed E-state index contributed by atoms with van der Waals surface area (Å²) in [5.74, 6) is 0.373. The first kappa shape index (κ1) is 14.7. The van der Waals surface area contributed by atoms with E-state index in [-0.39, 0.29) is 18.6 Å². The Hall–Kier alpha value is -1.75. The van der Waals surface area contributed by atoms with Crippen LogP contribution < -0.4 is 15.2 Å². The van der Waals surface area contributed by atoms with Crippen molar-refractivity contribution in [2.24, 2.45) is 5.73 Å². The first-order valence-corrected chi connectivity index (χ1v) is 6.67. The topological polar surface area (TPSA) is 81.8 Å². The van der Waals surface area contributed by atoms with Gasteiger partial charge in [-0.2, -0.15) is 0 Å². The Kier molecular flexibility index (Phi) is 3.65. The molecule has 0 spiro atoms. The summed E-state index contributed by atoms with van der Waals surface area (Å²) in [5, 5.41) is 8.96. The van der Waals surface area contributed by atoms with Gasteiger partial charge in [0.15, 0.2) is 11.5 Å². The second-order valence-corrected chi connectivity index (χ2v) is 6.10. The summed E-state index contributed by atoms with van der Waals surface area (Å²) in [6.07, 6.45) is 1.07. The van der Waals surface area contributed by atoms with Crippen LogP contribution >= 0.6 is 0 Å². The molecule has 0 aromatic heterocycles. The minimum Gasteiger partial charge on any atom is -0.490 e. The van der Waals surface area contributed by atoms with Crippen LogP contribution in [-0.4, -0.2) is 28.8 Å². The first-order chi connectivity index (χ1) is 9.21. The van der Waals surface area contributed by atoms with Crippen molar-refractivity contribution < 1.29 is 19.4 Å². The fourth-order valence-electron chi connectivity index (χ4n) is 2.18. The van der Waals surface area contributed by atoms with Crippen molar-refractivity contribution in [2.75, 3.05) is 6.61 Å². The highest BCUT2D eigenvalue weighted by Crippen LogP contribution is 2.41. The second-order valence-electron chi connectivity index (χ2n) is 6.10. The highest BCUT2D eigenvalue weighted by atomic mass is 16.5. The van der Waals surface area contributed by atoms with Crippen molar-refractivity contribution in [3.8, 4) is 11.5 Å². The van der Waals surface area contributed by atoms with Crippen LogP contribution in [0.4, 0.5) is 0 Å². The number of fused-ring (bicyclic) bond motifs is 1. The molecule has 1 atom stereocenters. The van der Waals surface area contributed by atoms with Crippen LogP contribution in [0.5, 0.6) is 11.5 Å². The highest BCUT2D eigenvalue weighted by Gasteiger charge is 2.33. The van der Waals surface area contributed by atoms with Crippen molar-refractivity contribution in [3.05, 3.63) is 23.8 Å². The number of carboxylic acids is 1. The van der Waals surface area contributed by atoms with E-state index in [2.05, 4.69) is 0 Å². The van der Waals surface area contributed by atoms with Crippen LogP contribution in [-0.2, 0) is 11.2 Å². The fraction of sp³-hybridized carbons (Fsp3) is 0.533. The molecule has 1 aromatic carbocycles. The van der Waals surface area contributed by atoms with Gasteiger partial charge in [-0.15, -0.1) is 0 Å².